The molecule has 1 aromatic carbocycles. The van der Waals surface area contributed by atoms with Crippen LogP contribution in [-0.4, -0.2) is 9.97 Å². The lowest BCUT2D eigenvalue weighted by atomic mass is 9.69. The molecule has 0 fully saturated rings. The van der Waals surface area contributed by atoms with Crippen LogP contribution in [0, 0.1) is 11.3 Å². The molecule has 6 rings (SSSR count). The minimum Gasteiger partial charge on any atom is -0.236 e. The van der Waals surface area contributed by atoms with E-state index in [0.29, 0.717) is 5.92 Å². The van der Waals surface area contributed by atoms with Crippen LogP contribution in [0.3, 0.4) is 0 Å². The summed E-state index contributed by atoms with van der Waals surface area (Å²) in [4.78, 5) is 10.5. The summed E-state index contributed by atoms with van der Waals surface area (Å²) in [6.45, 7) is 6.96. The molecule has 2 nitrogen and oxygen atoms in total. The first kappa shape index (κ1) is 18.2. The number of allylic oxidation sites excluding steroid dienone is 8. The molecule has 0 saturated heterocycles. The van der Waals surface area contributed by atoms with Crippen molar-refractivity contribution < 1.29 is 0 Å². The Morgan fingerprint density at radius 2 is 1.93 bits per heavy atom. The van der Waals surface area contributed by atoms with Crippen molar-refractivity contribution in [3.63, 3.8) is 0 Å². The van der Waals surface area contributed by atoms with Crippen molar-refractivity contribution >= 4 is 58.6 Å². The molecule has 0 radical (unpaired) electrons. The van der Waals surface area contributed by atoms with Crippen LogP contribution in [0.1, 0.15) is 32.9 Å². The Morgan fingerprint density at radius 1 is 1.03 bits per heavy atom. The fourth-order valence-electron chi connectivity index (χ4n) is 4.80. The zero-order chi connectivity index (χ0) is 20.5. The Hall–Kier alpha value is -2.56. The number of rotatable bonds is 1. The second kappa shape index (κ2) is 6.47. The molecule has 2 aliphatic rings. The molecule has 0 aliphatic heterocycles. The third kappa shape index (κ3) is 2.67. The predicted molar refractivity (Wildman–Crippen MR) is 131 cm³/mol. The molecule has 2 aliphatic carbocycles. The summed E-state index contributed by atoms with van der Waals surface area (Å²) in [5.74, 6) is 0.473. The maximum Gasteiger partial charge on any atom is 0.128 e. The average Bonchev–Trinajstić information content (AvgIpc) is 3.36. The second-order valence-electron chi connectivity index (χ2n) is 9.11. The van der Waals surface area contributed by atoms with Crippen LogP contribution in [0.15, 0.2) is 71.4 Å². The molecule has 3 heterocycles. The van der Waals surface area contributed by atoms with E-state index in [2.05, 4.69) is 79.7 Å². The molecule has 0 amide bonds. The largest absolute Gasteiger partial charge is 0.236 e. The van der Waals surface area contributed by atoms with Gasteiger partial charge in [-0.15, -0.1) is 22.7 Å². The van der Waals surface area contributed by atoms with Gasteiger partial charge in [-0.3, -0.25) is 0 Å². The van der Waals surface area contributed by atoms with E-state index in [-0.39, 0.29) is 5.41 Å². The summed E-state index contributed by atoms with van der Waals surface area (Å²) >= 11 is 3.58. The summed E-state index contributed by atoms with van der Waals surface area (Å²) in [5, 5.41) is 5.96. The van der Waals surface area contributed by atoms with Crippen molar-refractivity contribution in [1.82, 2.24) is 9.97 Å². The average molecular weight is 427 g/mol. The van der Waals surface area contributed by atoms with Crippen molar-refractivity contribution in [2.75, 3.05) is 0 Å². The molecular formula is C26H22N2S2. The lowest BCUT2D eigenvalue weighted by molar-refractivity contribution is 0.445. The number of fused-ring (bicyclic) bond motifs is 6. The van der Waals surface area contributed by atoms with E-state index in [1.165, 1.54) is 42.3 Å². The second-order valence-corrected chi connectivity index (χ2v) is 11.1. The van der Waals surface area contributed by atoms with E-state index >= 15 is 0 Å². The first-order valence-electron chi connectivity index (χ1n) is 10.3. The van der Waals surface area contributed by atoms with Gasteiger partial charge >= 0.3 is 0 Å². The number of hydrogen-bond acceptors (Lipinski definition) is 4. The van der Waals surface area contributed by atoms with Crippen molar-refractivity contribution in [2.24, 2.45) is 11.3 Å². The highest BCUT2D eigenvalue weighted by atomic mass is 32.1. The fourth-order valence-corrected chi connectivity index (χ4v) is 6.82. The summed E-state index contributed by atoms with van der Waals surface area (Å²) in [5.41, 5.74) is 5.25. The number of benzene rings is 1. The minimum absolute atomic E-state index is 0.111. The molecule has 1 atom stereocenters. The smallest absolute Gasteiger partial charge is 0.128 e. The van der Waals surface area contributed by atoms with Crippen LogP contribution >= 0.6 is 22.7 Å². The van der Waals surface area contributed by atoms with Gasteiger partial charge in [-0.05, 0) is 41.0 Å². The molecule has 30 heavy (non-hydrogen) atoms. The Morgan fingerprint density at radius 3 is 2.80 bits per heavy atom. The number of thiophene rings is 2. The van der Waals surface area contributed by atoms with E-state index in [1.807, 2.05) is 0 Å². The van der Waals surface area contributed by atoms with Gasteiger partial charge in [-0.2, -0.15) is 0 Å². The van der Waals surface area contributed by atoms with Crippen LogP contribution in [0.5, 0.6) is 0 Å². The summed E-state index contributed by atoms with van der Waals surface area (Å²) < 4.78 is 2.65. The first-order chi connectivity index (χ1) is 14.5. The number of nitrogens with zero attached hydrogens (tertiary/aromatic N) is 2. The molecule has 0 saturated carbocycles. The summed E-state index contributed by atoms with van der Waals surface area (Å²) in [6, 6.07) is 6.72. The highest BCUT2D eigenvalue weighted by Crippen LogP contribution is 2.47. The Bertz CT molecular complexity index is 1450. The van der Waals surface area contributed by atoms with Crippen molar-refractivity contribution in [3.05, 3.63) is 77.1 Å². The third-order valence-corrected chi connectivity index (χ3v) is 8.24. The molecule has 4 heteroatoms. The SMILES string of the molecule is CC(C)(C)C1=CC(c2ncnc3sc4c5ccsc5ccc4c23)=CC2=CC=CCC21. The highest BCUT2D eigenvalue weighted by Gasteiger charge is 2.31. The van der Waals surface area contributed by atoms with Crippen molar-refractivity contribution in [2.45, 2.75) is 27.2 Å². The van der Waals surface area contributed by atoms with Gasteiger partial charge in [0, 0.05) is 37.0 Å². The van der Waals surface area contributed by atoms with Crippen LogP contribution in [0.4, 0.5) is 0 Å². The Kier molecular flexibility index (Phi) is 3.93. The van der Waals surface area contributed by atoms with Crippen molar-refractivity contribution in [3.8, 4) is 0 Å². The molecule has 0 spiro atoms. The molecule has 0 bridgehead atoms. The maximum atomic E-state index is 4.81. The molecule has 4 aromatic rings. The zero-order valence-corrected chi connectivity index (χ0v) is 18.9. The van der Waals surface area contributed by atoms with Crippen LogP contribution in [0.25, 0.3) is 36.0 Å². The molecular weight excluding hydrogens is 404 g/mol. The normalized spacial score (nSPS) is 19.2. The topological polar surface area (TPSA) is 25.8 Å². The van der Waals surface area contributed by atoms with Gasteiger partial charge in [0.25, 0.3) is 0 Å². The predicted octanol–water partition coefficient (Wildman–Crippen LogP) is 7.93. The number of aromatic nitrogens is 2. The zero-order valence-electron chi connectivity index (χ0n) is 17.3. The van der Waals surface area contributed by atoms with E-state index in [4.69, 9.17) is 4.98 Å². The monoisotopic (exact) mass is 426 g/mol. The standard InChI is InChI=1S/C26H22N2S2/c1-26(2,3)20-13-16(12-15-6-4-5-7-17(15)20)23-22-19-8-9-21-18(10-11-29-21)24(19)30-25(22)28-14-27-23/h4-6,8-14,17H,7H2,1-3H3. The summed E-state index contributed by atoms with van der Waals surface area (Å²) in [7, 11) is 0. The van der Waals surface area contributed by atoms with Crippen LogP contribution in [0.2, 0.25) is 0 Å². The minimum atomic E-state index is 0.111. The lowest BCUT2D eigenvalue weighted by Gasteiger charge is -2.35. The molecule has 1 unspecified atom stereocenters. The molecule has 3 aromatic heterocycles. The van der Waals surface area contributed by atoms with Gasteiger partial charge in [-0.25, -0.2) is 9.97 Å². The van der Waals surface area contributed by atoms with E-state index in [9.17, 15) is 0 Å². The van der Waals surface area contributed by atoms with Crippen LogP contribution in [-0.2, 0) is 0 Å². The van der Waals surface area contributed by atoms with E-state index in [0.717, 1.165) is 16.9 Å². The highest BCUT2D eigenvalue weighted by molar-refractivity contribution is 7.27. The van der Waals surface area contributed by atoms with Gasteiger partial charge in [0.15, 0.2) is 0 Å². The van der Waals surface area contributed by atoms with E-state index in [1.54, 1.807) is 29.0 Å². The maximum absolute atomic E-state index is 4.81. The van der Waals surface area contributed by atoms with Gasteiger partial charge in [0.2, 0.25) is 0 Å². The lowest BCUT2D eigenvalue weighted by Crippen LogP contribution is -2.22. The van der Waals surface area contributed by atoms with Gasteiger partial charge in [0.1, 0.15) is 11.2 Å². The van der Waals surface area contributed by atoms with Gasteiger partial charge in [0.05, 0.1) is 5.69 Å². The van der Waals surface area contributed by atoms with E-state index < -0.39 is 0 Å². The van der Waals surface area contributed by atoms with Gasteiger partial charge in [-0.1, -0.05) is 56.7 Å². The molecule has 148 valence electrons. The Labute approximate surface area is 184 Å². The first-order valence-corrected chi connectivity index (χ1v) is 12.0. The fraction of sp³-hybridized carbons (Fsp3) is 0.231. The number of hydrogen-bond donors (Lipinski definition) is 0. The quantitative estimate of drug-likeness (QED) is 0.309. The van der Waals surface area contributed by atoms with Crippen molar-refractivity contribution in [1.29, 1.82) is 0 Å². The molecule has 0 N–H and O–H groups in total. The summed E-state index contributed by atoms with van der Waals surface area (Å²) in [6.07, 6.45) is 14.3. The Balaban J connectivity index is 1.65. The third-order valence-electron chi connectivity index (χ3n) is 6.21. The van der Waals surface area contributed by atoms with Gasteiger partial charge < -0.3 is 0 Å². The van der Waals surface area contributed by atoms with Crippen LogP contribution < -0.4 is 0 Å².